The summed E-state index contributed by atoms with van der Waals surface area (Å²) < 4.78 is 5.02. The highest BCUT2D eigenvalue weighted by Crippen LogP contribution is 2.10. The third-order valence-electron chi connectivity index (χ3n) is 1.24. The fourth-order valence-electron chi connectivity index (χ4n) is 0.713. The fraction of sp³-hybridized carbons (Fsp3) is 0.200. The Morgan fingerprint density at radius 2 is 1.75 bits per heavy atom. The maximum Gasteiger partial charge on any atom is 0.126 e. The fourth-order valence-corrected chi connectivity index (χ4v) is 0.713. The van der Waals surface area contributed by atoms with E-state index in [0.717, 1.165) is 5.75 Å². The van der Waals surface area contributed by atoms with Gasteiger partial charge in [0.25, 0.3) is 0 Å². The third-order valence-corrected chi connectivity index (χ3v) is 1.24. The Morgan fingerprint density at radius 3 is 2.17 bits per heavy atom. The van der Waals surface area contributed by atoms with Crippen LogP contribution in [-0.4, -0.2) is 6.26 Å². The standard InChI is InChI=1S/C9H10O.CH4S/c1-3-10-9-6-4-8(2)5-7-9;1-2/h3-7H,1H2,2H3;2H,1H3. The number of ether oxygens (including phenoxy) is 1. The summed E-state index contributed by atoms with van der Waals surface area (Å²) in [7, 11) is 0. The van der Waals surface area contributed by atoms with Crippen LogP contribution in [0.1, 0.15) is 5.56 Å². The van der Waals surface area contributed by atoms with Crippen LogP contribution in [0.3, 0.4) is 0 Å². The van der Waals surface area contributed by atoms with Gasteiger partial charge in [0.1, 0.15) is 5.75 Å². The Balaban J connectivity index is 0.000000561. The average Bonchev–Trinajstić information content (AvgIpc) is 2.13. The lowest BCUT2D eigenvalue weighted by molar-refractivity contribution is 0.483. The molecule has 0 aromatic heterocycles. The van der Waals surface area contributed by atoms with E-state index in [9.17, 15) is 0 Å². The minimum atomic E-state index is 0.834. The molecule has 0 N–H and O–H groups in total. The van der Waals surface area contributed by atoms with Crippen molar-refractivity contribution in [3.05, 3.63) is 42.7 Å². The number of hydrogen-bond donors (Lipinski definition) is 1. The SMILES string of the molecule is C=COc1ccc(C)cc1.CS. The van der Waals surface area contributed by atoms with Gasteiger partial charge in [0, 0.05) is 0 Å². The lowest BCUT2D eigenvalue weighted by Crippen LogP contribution is -1.79. The van der Waals surface area contributed by atoms with Crippen molar-refractivity contribution in [1.82, 2.24) is 0 Å². The maximum atomic E-state index is 5.02. The van der Waals surface area contributed by atoms with E-state index in [2.05, 4.69) is 19.2 Å². The molecule has 0 atom stereocenters. The summed E-state index contributed by atoms with van der Waals surface area (Å²) in [5, 5.41) is 0. The van der Waals surface area contributed by atoms with Crippen LogP contribution in [0, 0.1) is 6.92 Å². The van der Waals surface area contributed by atoms with Crippen LogP contribution in [0.15, 0.2) is 37.1 Å². The smallest absolute Gasteiger partial charge is 0.126 e. The summed E-state index contributed by atoms with van der Waals surface area (Å²) in [4.78, 5) is 0. The molecule has 0 aliphatic rings. The number of rotatable bonds is 2. The molecule has 12 heavy (non-hydrogen) atoms. The molecule has 2 heteroatoms. The third kappa shape index (κ3) is 4.09. The summed E-state index contributed by atoms with van der Waals surface area (Å²) in [5.74, 6) is 0.834. The maximum absolute atomic E-state index is 5.02. The normalized spacial score (nSPS) is 7.92. The van der Waals surface area contributed by atoms with Crippen molar-refractivity contribution in [2.24, 2.45) is 0 Å². The highest BCUT2D eigenvalue weighted by molar-refractivity contribution is 7.79. The van der Waals surface area contributed by atoms with Gasteiger partial charge in [-0.2, -0.15) is 12.6 Å². The molecular weight excluding hydrogens is 168 g/mol. The molecule has 0 bridgehead atoms. The van der Waals surface area contributed by atoms with E-state index in [1.54, 1.807) is 6.26 Å². The van der Waals surface area contributed by atoms with Gasteiger partial charge in [-0.25, -0.2) is 0 Å². The average molecular weight is 182 g/mol. The molecule has 0 saturated carbocycles. The highest BCUT2D eigenvalue weighted by Gasteiger charge is 1.86. The molecule has 0 aliphatic heterocycles. The number of thiol groups is 1. The van der Waals surface area contributed by atoms with E-state index in [0.29, 0.717) is 0 Å². The van der Waals surface area contributed by atoms with E-state index < -0.39 is 0 Å². The zero-order valence-electron chi connectivity index (χ0n) is 7.45. The molecule has 0 amide bonds. The number of hydrogen-bond acceptors (Lipinski definition) is 2. The van der Waals surface area contributed by atoms with Gasteiger partial charge in [0.2, 0.25) is 0 Å². The Hall–Kier alpha value is -0.890. The topological polar surface area (TPSA) is 9.23 Å². The Kier molecular flexibility index (Phi) is 6.29. The Labute approximate surface area is 79.5 Å². The number of benzene rings is 1. The van der Waals surface area contributed by atoms with Gasteiger partial charge >= 0.3 is 0 Å². The van der Waals surface area contributed by atoms with Gasteiger partial charge in [0.05, 0.1) is 6.26 Å². The molecule has 0 fully saturated rings. The van der Waals surface area contributed by atoms with Crippen molar-refractivity contribution in [2.75, 3.05) is 6.26 Å². The van der Waals surface area contributed by atoms with Crippen molar-refractivity contribution < 1.29 is 4.74 Å². The summed E-state index contributed by atoms with van der Waals surface area (Å²) in [6.45, 7) is 5.50. The molecule has 0 aliphatic carbocycles. The van der Waals surface area contributed by atoms with E-state index in [4.69, 9.17) is 4.74 Å². The van der Waals surface area contributed by atoms with Crippen molar-refractivity contribution in [1.29, 1.82) is 0 Å². The summed E-state index contributed by atoms with van der Waals surface area (Å²) >= 11 is 3.53. The summed E-state index contributed by atoms with van der Waals surface area (Å²) in [6, 6.07) is 7.83. The molecule has 0 spiro atoms. The van der Waals surface area contributed by atoms with Crippen LogP contribution in [0.4, 0.5) is 0 Å². The zero-order chi connectivity index (χ0) is 9.40. The van der Waals surface area contributed by atoms with Gasteiger partial charge in [-0.3, -0.25) is 0 Å². The summed E-state index contributed by atoms with van der Waals surface area (Å²) in [5.41, 5.74) is 1.23. The van der Waals surface area contributed by atoms with Gasteiger partial charge < -0.3 is 4.74 Å². The molecular formula is C10H14OS. The first-order valence-corrected chi connectivity index (χ1v) is 4.51. The second kappa shape index (κ2) is 6.80. The van der Waals surface area contributed by atoms with Crippen LogP contribution in [0.5, 0.6) is 5.75 Å². The molecule has 0 saturated heterocycles. The molecule has 1 aromatic rings. The second-order valence-corrected chi connectivity index (χ2v) is 2.10. The predicted molar refractivity (Wildman–Crippen MR) is 56.9 cm³/mol. The molecule has 66 valence electrons. The van der Waals surface area contributed by atoms with Crippen LogP contribution >= 0.6 is 12.6 Å². The first kappa shape index (κ1) is 11.1. The van der Waals surface area contributed by atoms with Gasteiger partial charge in [-0.15, -0.1) is 0 Å². The van der Waals surface area contributed by atoms with Gasteiger partial charge in [-0.05, 0) is 25.3 Å². The van der Waals surface area contributed by atoms with Crippen molar-refractivity contribution in [3.63, 3.8) is 0 Å². The van der Waals surface area contributed by atoms with E-state index in [1.807, 2.05) is 31.2 Å². The molecule has 1 aromatic carbocycles. The molecule has 0 unspecified atom stereocenters. The second-order valence-electron chi connectivity index (χ2n) is 2.10. The van der Waals surface area contributed by atoms with Crippen molar-refractivity contribution in [2.45, 2.75) is 6.92 Å². The lowest BCUT2D eigenvalue weighted by Gasteiger charge is -1.97. The number of aryl methyl sites for hydroxylation is 1. The van der Waals surface area contributed by atoms with Gasteiger partial charge in [-0.1, -0.05) is 24.3 Å². The molecule has 0 heterocycles. The predicted octanol–water partition coefficient (Wildman–Crippen LogP) is 3.06. The van der Waals surface area contributed by atoms with E-state index in [1.165, 1.54) is 11.8 Å². The quantitative estimate of drug-likeness (QED) is 0.546. The lowest BCUT2D eigenvalue weighted by atomic mass is 10.2. The van der Waals surface area contributed by atoms with Crippen molar-refractivity contribution in [3.8, 4) is 5.75 Å². The minimum Gasteiger partial charge on any atom is -0.466 e. The first-order valence-electron chi connectivity index (χ1n) is 3.62. The van der Waals surface area contributed by atoms with Gasteiger partial charge in [0.15, 0.2) is 0 Å². The summed E-state index contributed by atoms with van der Waals surface area (Å²) in [6.07, 6.45) is 3.12. The minimum absolute atomic E-state index is 0.834. The molecule has 1 rings (SSSR count). The van der Waals surface area contributed by atoms with Crippen molar-refractivity contribution >= 4 is 12.6 Å². The first-order chi connectivity index (χ1) is 5.83. The van der Waals surface area contributed by atoms with Crippen LogP contribution < -0.4 is 4.74 Å². The van der Waals surface area contributed by atoms with E-state index in [-0.39, 0.29) is 0 Å². The van der Waals surface area contributed by atoms with Crippen LogP contribution in [0.2, 0.25) is 0 Å². The highest BCUT2D eigenvalue weighted by atomic mass is 32.1. The molecule has 1 nitrogen and oxygen atoms in total. The largest absolute Gasteiger partial charge is 0.466 e. The monoisotopic (exact) mass is 182 g/mol. The Bertz CT molecular complexity index is 216. The molecule has 0 radical (unpaired) electrons. The zero-order valence-corrected chi connectivity index (χ0v) is 8.34. The van der Waals surface area contributed by atoms with Crippen LogP contribution in [0.25, 0.3) is 0 Å². The Morgan fingerprint density at radius 1 is 1.25 bits per heavy atom. The van der Waals surface area contributed by atoms with E-state index >= 15 is 0 Å². The van der Waals surface area contributed by atoms with Crippen LogP contribution in [-0.2, 0) is 0 Å².